The summed E-state index contributed by atoms with van der Waals surface area (Å²) in [6, 6.07) is -0.545. The minimum atomic E-state index is -0.667. The SMILES string of the molecule is CCCCCCCCCCCCCCCCCCC(=O)OCCCCCCCCCCCCC/C=C\CCCCCCCCCC(=O)NC(CO)C(O)CCCCCCCCCCCCCCCC. The Morgan fingerprint density at radius 3 is 1.03 bits per heavy atom. The maximum atomic E-state index is 12.5. The molecule has 0 aromatic heterocycles. The second-order valence-corrected chi connectivity index (χ2v) is 21.7. The lowest BCUT2D eigenvalue weighted by atomic mass is 10.0. The quantitative estimate of drug-likeness (QED) is 0.0321. The van der Waals surface area contributed by atoms with Gasteiger partial charge in [0.15, 0.2) is 0 Å². The molecule has 6 nitrogen and oxygen atoms in total. The van der Waals surface area contributed by atoms with Crippen LogP contribution in [0.15, 0.2) is 12.2 Å². The van der Waals surface area contributed by atoms with E-state index < -0.39 is 12.1 Å². The van der Waals surface area contributed by atoms with E-state index in [1.165, 1.54) is 283 Å². The zero-order valence-electron chi connectivity index (χ0n) is 46.8. The summed E-state index contributed by atoms with van der Waals surface area (Å²) in [5, 5.41) is 23.3. The van der Waals surface area contributed by atoms with Gasteiger partial charge in [0.1, 0.15) is 0 Å². The Morgan fingerprint density at radius 2 is 0.681 bits per heavy atom. The fraction of sp³-hybridized carbons (Fsp3) is 0.937. The van der Waals surface area contributed by atoms with Crippen molar-refractivity contribution in [1.82, 2.24) is 5.32 Å². The first-order valence-electron chi connectivity index (χ1n) is 31.4. The van der Waals surface area contributed by atoms with E-state index in [-0.39, 0.29) is 18.5 Å². The van der Waals surface area contributed by atoms with Gasteiger partial charge in [-0.3, -0.25) is 9.59 Å². The van der Waals surface area contributed by atoms with Crippen LogP contribution in [0, 0.1) is 0 Å². The number of carbonyl (C=O) groups excluding carboxylic acids is 2. The van der Waals surface area contributed by atoms with Crippen LogP contribution in [-0.4, -0.2) is 47.4 Å². The normalized spacial score (nSPS) is 12.6. The van der Waals surface area contributed by atoms with Crippen LogP contribution in [-0.2, 0) is 14.3 Å². The number of nitrogens with one attached hydrogen (secondary N) is 1. The van der Waals surface area contributed by atoms with E-state index in [2.05, 4.69) is 31.3 Å². The molecule has 0 fully saturated rings. The molecule has 0 bridgehead atoms. The molecule has 1 amide bonds. The van der Waals surface area contributed by atoms with Crippen LogP contribution in [0.5, 0.6) is 0 Å². The predicted molar refractivity (Wildman–Crippen MR) is 301 cm³/mol. The molecule has 0 heterocycles. The van der Waals surface area contributed by atoms with E-state index in [9.17, 15) is 19.8 Å². The summed E-state index contributed by atoms with van der Waals surface area (Å²) in [7, 11) is 0. The van der Waals surface area contributed by atoms with Crippen molar-refractivity contribution < 1.29 is 24.5 Å². The highest BCUT2D eigenvalue weighted by molar-refractivity contribution is 5.76. The predicted octanol–water partition coefficient (Wildman–Crippen LogP) is 19.6. The third-order valence-electron chi connectivity index (χ3n) is 14.8. The molecule has 410 valence electrons. The Labute approximate surface area is 431 Å². The third-order valence-corrected chi connectivity index (χ3v) is 14.8. The average molecular weight is 975 g/mol. The average Bonchev–Trinajstić information content (AvgIpc) is 3.35. The van der Waals surface area contributed by atoms with Crippen molar-refractivity contribution in [2.75, 3.05) is 13.2 Å². The number of aliphatic hydroxyl groups is 2. The molecule has 69 heavy (non-hydrogen) atoms. The largest absolute Gasteiger partial charge is 0.466 e. The number of esters is 1. The second-order valence-electron chi connectivity index (χ2n) is 21.7. The highest BCUT2D eigenvalue weighted by Gasteiger charge is 2.20. The Bertz CT molecular complexity index is 1030. The molecule has 0 rings (SSSR count). The summed E-state index contributed by atoms with van der Waals surface area (Å²) in [4.78, 5) is 24.5. The second kappa shape index (κ2) is 59.2. The van der Waals surface area contributed by atoms with Crippen molar-refractivity contribution in [3.05, 3.63) is 12.2 Å². The number of unbranched alkanes of at least 4 members (excludes halogenated alkanes) is 46. The number of hydrogen-bond acceptors (Lipinski definition) is 5. The van der Waals surface area contributed by atoms with Crippen LogP contribution in [0.4, 0.5) is 0 Å². The van der Waals surface area contributed by atoms with E-state index in [4.69, 9.17) is 4.74 Å². The van der Waals surface area contributed by atoms with Crippen LogP contribution >= 0.6 is 0 Å². The van der Waals surface area contributed by atoms with E-state index in [1.54, 1.807) is 0 Å². The lowest BCUT2D eigenvalue weighted by molar-refractivity contribution is -0.143. The Morgan fingerprint density at radius 1 is 0.391 bits per heavy atom. The molecule has 0 saturated carbocycles. The van der Waals surface area contributed by atoms with E-state index in [0.29, 0.717) is 25.9 Å². The molecule has 3 N–H and O–H groups in total. The monoisotopic (exact) mass is 974 g/mol. The van der Waals surface area contributed by atoms with Crippen LogP contribution in [0.2, 0.25) is 0 Å². The van der Waals surface area contributed by atoms with Crippen LogP contribution in [0.25, 0.3) is 0 Å². The Kier molecular flexibility index (Phi) is 58.0. The van der Waals surface area contributed by atoms with Crippen LogP contribution in [0.3, 0.4) is 0 Å². The maximum Gasteiger partial charge on any atom is 0.305 e. The number of rotatable bonds is 59. The number of carbonyl (C=O) groups is 2. The van der Waals surface area contributed by atoms with Crippen LogP contribution in [0.1, 0.15) is 354 Å². The molecule has 0 aliphatic heterocycles. The Hall–Kier alpha value is -1.40. The first-order chi connectivity index (χ1) is 34.0. The number of amides is 1. The van der Waals surface area contributed by atoms with Crippen molar-refractivity contribution in [1.29, 1.82) is 0 Å². The fourth-order valence-corrected chi connectivity index (χ4v) is 9.99. The molecule has 6 heteroatoms. The fourth-order valence-electron chi connectivity index (χ4n) is 9.99. The number of allylic oxidation sites excluding steroid dienone is 2. The third kappa shape index (κ3) is 55.8. The van der Waals surface area contributed by atoms with E-state index in [1.807, 2.05) is 0 Å². The summed E-state index contributed by atoms with van der Waals surface area (Å²) in [5.41, 5.74) is 0. The molecule has 0 radical (unpaired) electrons. The number of aliphatic hydroxyl groups excluding tert-OH is 2. The van der Waals surface area contributed by atoms with Crippen LogP contribution < -0.4 is 5.32 Å². The maximum absolute atomic E-state index is 12.5. The Balaban J connectivity index is 3.39. The molecule has 0 aromatic rings. The van der Waals surface area contributed by atoms with Gasteiger partial charge < -0.3 is 20.3 Å². The molecule has 2 atom stereocenters. The molecule has 0 saturated heterocycles. The van der Waals surface area contributed by atoms with Crippen molar-refractivity contribution in [3.63, 3.8) is 0 Å². The summed E-state index contributed by atoms with van der Waals surface area (Å²) in [6.45, 7) is 4.97. The minimum absolute atomic E-state index is 0.0141. The molecule has 0 aromatic carbocycles. The summed E-state index contributed by atoms with van der Waals surface area (Å²) < 4.78 is 5.49. The molecular formula is C63H123NO5. The van der Waals surface area contributed by atoms with Gasteiger partial charge in [-0.1, -0.05) is 302 Å². The van der Waals surface area contributed by atoms with Gasteiger partial charge in [0, 0.05) is 12.8 Å². The molecule has 2 unspecified atom stereocenters. The van der Waals surface area contributed by atoms with E-state index >= 15 is 0 Å². The molecule has 0 aliphatic carbocycles. The van der Waals surface area contributed by atoms with Gasteiger partial charge in [0.05, 0.1) is 25.4 Å². The molecule has 0 aliphatic rings. The zero-order valence-corrected chi connectivity index (χ0v) is 46.8. The lowest BCUT2D eigenvalue weighted by Crippen LogP contribution is -2.45. The van der Waals surface area contributed by atoms with Gasteiger partial charge in [0.2, 0.25) is 5.91 Å². The lowest BCUT2D eigenvalue weighted by Gasteiger charge is -2.22. The first-order valence-corrected chi connectivity index (χ1v) is 31.4. The van der Waals surface area contributed by atoms with Gasteiger partial charge in [0.25, 0.3) is 0 Å². The molecule has 0 spiro atoms. The topological polar surface area (TPSA) is 95.9 Å². The summed E-state index contributed by atoms with van der Waals surface area (Å²) >= 11 is 0. The van der Waals surface area contributed by atoms with Crippen molar-refractivity contribution in [2.24, 2.45) is 0 Å². The molecular weight excluding hydrogens is 851 g/mol. The number of ether oxygens (including phenoxy) is 1. The standard InChI is InChI=1S/C63H123NO5/c1-3-5-7-9-11-13-15-17-19-29-33-37-41-45-49-53-57-63(68)69-58-54-50-46-42-38-34-30-27-25-23-21-20-22-24-26-28-32-36-40-44-48-52-56-62(67)64-60(59-65)61(66)55-51-47-43-39-35-31-18-16-14-12-10-8-6-4-2/h22,24,60-61,65-66H,3-21,23,25-59H2,1-2H3,(H,64,67)/b24-22-. The highest BCUT2D eigenvalue weighted by atomic mass is 16.5. The smallest absolute Gasteiger partial charge is 0.305 e. The van der Waals surface area contributed by atoms with E-state index in [0.717, 1.165) is 38.5 Å². The van der Waals surface area contributed by atoms with Gasteiger partial charge in [-0.2, -0.15) is 0 Å². The van der Waals surface area contributed by atoms with Gasteiger partial charge in [-0.15, -0.1) is 0 Å². The van der Waals surface area contributed by atoms with Crippen molar-refractivity contribution in [2.45, 2.75) is 366 Å². The summed E-state index contributed by atoms with van der Waals surface area (Å²) in [5.74, 6) is -0.0258. The van der Waals surface area contributed by atoms with Crippen molar-refractivity contribution >= 4 is 11.9 Å². The zero-order chi connectivity index (χ0) is 50.0. The number of hydrogen-bond donors (Lipinski definition) is 3. The van der Waals surface area contributed by atoms with Gasteiger partial charge >= 0.3 is 5.97 Å². The first kappa shape index (κ1) is 67.6. The van der Waals surface area contributed by atoms with Gasteiger partial charge in [-0.25, -0.2) is 0 Å². The van der Waals surface area contributed by atoms with Crippen molar-refractivity contribution in [3.8, 4) is 0 Å². The minimum Gasteiger partial charge on any atom is -0.466 e. The summed E-state index contributed by atoms with van der Waals surface area (Å²) in [6.07, 6.45) is 70.8. The highest BCUT2D eigenvalue weighted by Crippen LogP contribution is 2.18. The van der Waals surface area contributed by atoms with Gasteiger partial charge in [-0.05, 0) is 51.4 Å².